The van der Waals surface area contributed by atoms with E-state index in [4.69, 9.17) is 11.6 Å². The molecule has 88 valence electrons. The molecule has 0 aliphatic carbocycles. The van der Waals surface area contributed by atoms with Gasteiger partial charge in [-0.05, 0) is 12.1 Å². The molecular formula is C9H4ClF5O. The third-order valence-electron chi connectivity index (χ3n) is 1.76. The topological polar surface area (TPSA) is 17.1 Å². The maximum atomic E-state index is 12.7. The number of ketones is 1. The van der Waals surface area contributed by atoms with Gasteiger partial charge in [0.2, 0.25) is 5.78 Å². The lowest BCUT2D eigenvalue weighted by Gasteiger charge is -2.18. The lowest BCUT2D eigenvalue weighted by atomic mass is 10.1. The van der Waals surface area contributed by atoms with Gasteiger partial charge in [0.05, 0.1) is 5.02 Å². The first-order valence-corrected chi connectivity index (χ1v) is 4.29. The highest BCUT2D eigenvalue weighted by atomic mass is 35.5. The van der Waals surface area contributed by atoms with Crippen molar-refractivity contribution < 1.29 is 26.7 Å². The van der Waals surface area contributed by atoms with E-state index in [0.29, 0.717) is 0 Å². The molecule has 0 saturated carbocycles. The molecule has 0 bridgehead atoms. The predicted molar refractivity (Wildman–Crippen MR) is 46.8 cm³/mol. The van der Waals surface area contributed by atoms with Crippen molar-refractivity contribution in [1.29, 1.82) is 0 Å². The monoisotopic (exact) mass is 258 g/mol. The SMILES string of the molecule is O=C(c1ccccc1Cl)C(F)(F)C(F)(F)F. The van der Waals surface area contributed by atoms with E-state index in [1.807, 2.05) is 0 Å². The Balaban J connectivity index is 3.18. The Kier molecular flexibility index (Phi) is 3.23. The zero-order valence-corrected chi connectivity index (χ0v) is 8.24. The first-order chi connectivity index (χ1) is 7.18. The fourth-order valence-electron chi connectivity index (χ4n) is 0.943. The molecule has 0 spiro atoms. The van der Waals surface area contributed by atoms with E-state index in [-0.39, 0.29) is 0 Å². The molecule has 0 atom stereocenters. The Bertz CT molecular complexity index is 413. The fraction of sp³-hybridized carbons (Fsp3) is 0.222. The average Bonchev–Trinajstić information content (AvgIpc) is 2.15. The zero-order chi connectivity index (χ0) is 12.6. The number of hydrogen-bond acceptors (Lipinski definition) is 1. The predicted octanol–water partition coefficient (Wildman–Crippen LogP) is 3.72. The van der Waals surface area contributed by atoms with Gasteiger partial charge in [-0.3, -0.25) is 4.79 Å². The van der Waals surface area contributed by atoms with Crippen LogP contribution in [0.2, 0.25) is 5.02 Å². The summed E-state index contributed by atoms with van der Waals surface area (Å²) in [5.74, 6) is -7.79. The summed E-state index contributed by atoms with van der Waals surface area (Å²) >= 11 is 5.35. The number of Topliss-reactive ketones (excluding diaryl/α,β-unsaturated/α-hetero) is 1. The minimum absolute atomic E-state index is 0.448. The normalized spacial score (nSPS) is 12.6. The average molecular weight is 259 g/mol. The van der Waals surface area contributed by atoms with E-state index < -0.39 is 28.5 Å². The van der Waals surface area contributed by atoms with E-state index in [1.165, 1.54) is 6.07 Å². The third kappa shape index (κ3) is 2.16. The van der Waals surface area contributed by atoms with Crippen LogP contribution in [0.5, 0.6) is 0 Å². The molecule has 0 amide bonds. The van der Waals surface area contributed by atoms with Gasteiger partial charge in [-0.2, -0.15) is 22.0 Å². The van der Waals surface area contributed by atoms with E-state index in [9.17, 15) is 26.7 Å². The van der Waals surface area contributed by atoms with Crippen LogP contribution >= 0.6 is 11.6 Å². The number of carbonyl (C=O) groups excluding carboxylic acids is 1. The van der Waals surface area contributed by atoms with Crippen LogP contribution in [0.25, 0.3) is 0 Å². The van der Waals surface area contributed by atoms with E-state index >= 15 is 0 Å². The molecule has 0 radical (unpaired) electrons. The van der Waals surface area contributed by atoms with Crippen molar-refractivity contribution in [3.8, 4) is 0 Å². The van der Waals surface area contributed by atoms with Gasteiger partial charge in [-0.25, -0.2) is 0 Å². The number of hydrogen-bond donors (Lipinski definition) is 0. The molecule has 0 unspecified atom stereocenters. The van der Waals surface area contributed by atoms with Crippen molar-refractivity contribution in [2.24, 2.45) is 0 Å². The van der Waals surface area contributed by atoms with Crippen LogP contribution in [-0.4, -0.2) is 17.9 Å². The molecule has 0 heterocycles. The zero-order valence-electron chi connectivity index (χ0n) is 7.49. The first kappa shape index (κ1) is 12.9. The Morgan fingerprint density at radius 1 is 1.06 bits per heavy atom. The number of halogens is 6. The van der Waals surface area contributed by atoms with Crippen molar-refractivity contribution in [2.75, 3.05) is 0 Å². The molecule has 16 heavy (non-hydrogen) atoms. The molecule has 1 rings (SSSR count). The first-order valence-electron chi connectivity index (χ1n) is 3.92. The van der Waals surface area contributed by atoms with Crippen LogP contribution in [0.4, 0.5) is 22.0 Å². The van der Waals surface area contributed by atoms with Gasteiger partial charge in [0.25, 0.3) is 0 Å². The summed E-state index contributed by atoms with van der Waals surface area (Å²) in [5, 5.41) is -0.448. The lowest BCUT2D eigenvalue weighted by molar-refractivity contribution is -0.255. The molecule has 1 nitrogen and oxygen atoms in total. The smallest absolute Gasteiger partial charge is 0.287 e. The van der Waals surface area contributed by atoms with Crippen LogP contribution in [0.1, 0.15) is 10.4 Å². The highest BCUT2D eigenvalue weighted by Crippen LogP contribution is 2.38. The maximum absolute atomic E-state index is 12.7. The quantitative estimate of drug-likeness (QED) is 0.584. The van der Waals surface area contributed by atoms with Crippen molar-refractivity contribution in [1.82, 2.24) is 0 Å². The van der Waals surface area contributed by atoms with Gasteiger partial charge in [-0.1, -0.05) is 23.7 Å². The molecule has 7 heteroatoms. The molecular weight excluding hydrogens is 255 g/mol. The van der Waals surface area contributed by atoms with Gasteiger partial charge in [0.15, 0.2) is 0 Å². The van der Waals surface area contributed by atoms with Gasteiger partial charge in [-0.15, -0.1) is 0 Å². The van der Waals surface area contributed by atoms with Crippen molar-refractivity contribution in [2.45, 2.75) is 12.1 Å². The van der Waals surface area contributed by atoms with Crippen LogP contribution in [0.3, 0.4) is 0 Å². The second-order valence-corrected chi connectivity index (χ2v) is 3.29. The summed E-state index contributed by atoms with van der Waals surface area (Å²) in [4.78, 5) is 11.0. The third-order valence-corrected chi connectivity index (χ3v) is 2.09. The van der Waals surface area contributed by atoms with Gasteiger partial charge in [0.1, 0.15) is 0 Å². The highest BCUT2D eigenvalue weighted by molar-refractivity contribution is 6.34. The van der Waals surface area contributed by atoms with Crippen LogP contribution in [0, 0.1) is 0 Å². The van der Waals surface area contributed by atoms with Crippen molar-refractivity contribution in [3.63, 3.8) is 0 Å². The summed E-state index contributed by atoms with van der Waals surface area (Å²) in [6.07, 6.45) is -5.93. The number of alkyl halides is 5. The van der Waals surface area contributed by atoms with E-state index in [2.05, 4.69) is 0 Å². The largest absolute Gasteiger partial charge is 0.461 e. The van der Waals surface area contributed by atoms with E-state index in [1.54, 1.807) is 0 Å². The Labute approximate surface area is 91.8 Å². The molecule has 0 aliphatic heterocycles. The molecule has 0 aromatic heterocycles. The summed E-state index contributed by atoms with van der Waals surface area (Å²) in [7, 11) is 0. The van der Waals surface area contributed by atoms with Crippen LogP contribution in [0.15, 0.2) is 24.3 Å². The highest BCUT2D eigenvalue weighted by Gasteiger charge is 2.63. The number of carbonyl (C=O) groups is 1. The molecule has 0 fully saturated rings. The second kappa shape index (κ2) is 4.01. The maximum Gasteiger partial charge on any atom is 0.461 e. The summed E-state index contributed by atoms with van der Waals surface area (Å²) < 4.78 is 61.0. The minimum atomic E-state index is -5.93. The number of benzene rings is 1. The van der Waals surface area contributed by atoms with E-state index in [0.717, 1.165) is 18.2 Å². The second-order valence-electron chi connectivity index (χ2n) is 2.88. The molecule has 0 N–H and O–H groups in total. The summed E-state index contributed by atoms with van der Waals surface area (Å²) in [5.41, 5.74) is -0.855. The summed E-state index contributed by atoms with van der Waals surface area (Å²) in [6, 6.07) is 4.32. The standard InChI is InChI=1S/C9H4ClF5O/c10-6-4-2-1-3-5(6)7(16)8(11,12)9(13,14)15/h1-4H. The van der Waals surface area contributed by atoms with Crippen molar-refractivity contribution in [3.05, 3.63) is 34.9 Å². The Morgan fingerprint density at radius 3 is 2.00 bits per heavy atom. The van der Waals surface area contributed by atoms with Crippen LogP contribution < -0.4 is 0 Å². The minimum Gasteiger partial charge on any atom is -0.287 e. The molecule has 0 aliphatic rings. The molecule has 1 aromatic rings. The Morgan fingerprint density at radius 2 is 1.56 bits per heavy atom. The lowest BCUT2D eigenvalue weighted by Crippen LogP contribution is -2.44. The fourth-order valence-corrected chi connectivity index (χ4v) is 1.16. The molecule has 0 saturated heterocycles. The van der Waals surface area contributed by atoms with Gasteiger partial charge >= 0.3 is 12.1 Å². The Hall–Kier alpha value is -1.17. The van der Waals surface area contributed by atoms with Crippen LogP contribution in [-0.2, 0) is 0 Å². The molecule has 1 aromatic carbocycles. The van der Waals surface area contributed by atoms with Gasteiger partial charge < -0.3 is 0 Å². The number of rotatable bonds is 2. The van der Waals surface area contributed by atoms with Crippen molar-refractivity contribution >= 4 is 17.4 Å². The summed E-state index contributed by atoms with van der Waals surface area (Å²) in [6.45, 7) is 0. The van der Waals surface area contributed by atoms with Gasteiger partial charge in [0, 0.05) is 5.56 Å².